The van der Waals surface area contributed by atoms with E-state index in [1.165, 1.54) is 34.6 Å². The average molecular weight is 713 g/mol. The Kier molecular flexibility index (Phi) is 16.4. The van der Waals surface area contributed by atoms with Crippen LogP contribution in [0.1, 0.15) is 106 Å². The van der Waals surface area contributed by atoms with Crippen molar-refractivity contribution in [1.29, 1.82) is 0 Å². The molecule has 9 nitrogen and oxygen atoms in total. The summed E-state index contributed by atoms with van der Waals surface area (Å²) in [5, 5.41) is 9.08. The van der Waals surface area contributed by atoms with Crippen LogP contribution >= 0.6 is 34.2 Å². The van der Waals surface area contributed by atoms with Crippen molar-refractivity contribution in [2.24, 2.45) is 5.92 Å². The summed E-state index contributed by atoms with van der Waals surface area (Å²) in [5.74, 6) is -2.93. The van der Waals surface area contributed by atoms with Crippen molar-refractivity contribution < 1.29 is 43.2 Å². The first kappa shape index (κ1) is 39.1. The zero-order chi connectivity index (χ0) is 32.2. The Morgan fingerprint density at radius 1 is 0.878 bits per heavy atom. The summed E-state index contributed by atoms with van der Waals surface area (Å²) < 4.78 is 19.3. The number of ether oxygens (including phenoxy) is 4. The van der Waals surface area contributed by atoms with Gasteiger partial charge < -0.3 is 24.1 Å². The van der Waals surface area contributed by atoms with E-state index < -0.39 is 28.7 Å². The molecule has 0 spiro atoms. The number of aliphatic hydroxyl groups is 1. The molecule has 0 aliphatic heterocycles. The quantitative estimate of drug-likeness (QED) is 0.105. The highest BCUT2D eigenvalue weighted by Gasteiger charge is 2.30. The summed E-state index contributed by atoms with van der Waals surface area (Å²) in [7, 11) is 0. The standard InChI is InChI=1S/C20H28O5.C5H9ClO2.C5H9IO2/c1-13(19(23)25-20(3,4)24-14(2)21)16-10-8-15(9-11-16)12-17-6-5-7-18(17)22;2*1-4(7)8-5(2,3)6/h8-11,13,17-18,22H,5-7,12H2,1-4H3;2*1-3H3/t13-,17+,18-;;/m0../s1. The molecule has 234 valence electrons. The Morgan fingerprint density at radius 3 is 1.68 bits per heavy atom. The van der Waals surface area contributed by atoms with Gasteiger partial charge in [-0.05, 0) is 93.5 Å². The minimum atomic E-state index is -1.28. The fourth-order valence-electron chi connectivity index (χ4n) is 4.02. The second-order valence-electron chi connectivity index (χ2n) is 11.3. The molecule has 1 aliphatic carbocycles. The Labute approximate surface area is 263 Å². The third-order valence-corrected chi connectivity index (χ3v) is 5.76. The molecule has 0 aromatic heterocycles. The van der Waals surface area contributed by atoms with Crippen molar-refractivity contribution in [1.82, 2.24) is 0 Å². The van der Waals surface area contributed by atoms with Crippen molar-refractivity contribution >= 4 is 58.1 Å². The van der Waals surface area contributed by atoms with Gasteiger partial charge in [0.2, 0.25) is 0 Å². The largest absolute Gasteiger partial charge is 0.449 e. The SMILES string of the molecule is CC(=O)OC(C)(C)Cl.CC(=O)OC(C)(C)I.CC(=O)OC(C)(C)OC(=O)[C@@H](C)c1ccc(C[C@H]2CCC[C@@H]2O)cc1. The molecule has 0 bridgehead atoms. The smallest absolute Gasteiger partial charge is 0.316 e. The monoisotopic (exact) mass is 712 g/mol. The zero-order valence-corrected chi connectivity index (χ0v) is 28.8. The van der Waals surface area contributed by atoms with Gasteiger partial charge in [-0.1, -0.05) is 42.3 Å². The van der Waals surface area contributed by atoms with Gasteiger partial charge in [0.15, 0.2) is 8.67 Å². The van der Waals surface area contributed by atoms with E-state index in [9.17, 15) is 24.3 Å². The van der Waals surface area contributed by atoms with Gasteiger partial charge in [0.25, 0.3) is 5.79 Å². The number of benzene rings is 1. The number of hydrogen-bond donors (Lipinski definition) is 1. The summed E-state index contributed by atoms with van der Waals surface area (Å²) in [6, 6.07) is 7.84. The number of hydrogen-bond acceptors (Lipinski definition) is 9. The topological polar surface area (TPSA) is 125 Å². The van der Waals surface area contributed by atoms with Gasteiger partial charge in [-0.25, -0.2) is 0 Å². The van der Waals surface area contributed by atoms with Crippen LogP contribution in [0.2, 0.25) is 0 Å². The molecule has 1 aromatic carbocycles. The number of carbonyl (C=O) groups is 4. The van der Waals surface area contributed by atoms with E-state index >= 15 is 0 Å². The molecule has 2 rings (SSSR count). The molecule has 41 heavy (non-hydrogen) atoms. The number of aliphatic hydroxyl groups excluding tert-OH is 1. The molecular weight excluding hydrogens is 667 g/mol. The maximum absolute atomic E-state index is 12.3. The normalized spacial score (nSPS) is 17.5. The zero-order valence-electron chi connectivity index (χ0n) is 25.8. The number of rotatable bonds is 8. The lowest BCUT2D eigenvalue weighted by atomic mass is 9.93. The number of carbonyl (C=O) groups excluding carboxylic acids is 4. The highest BCUT2D eigenvalue weighted by molar-refractivity contribution is 14.1. The lowest BCUT2D eigenvalue weighted by Gasteiger charge is -2.26. The van der Waals surface area contributed by atoms with Crippen molar-refractivity contribution in [2.45, 2.75) is 121 Å². The molecule has 0 heterocycles. The van der Waals surface area contributed by atoms with E-state index in [2.05, 4.69) is 4.74 Å². The number of esters is 4. The van der Waals surface area contributed by atoms with Crippen molar-refractivity contribution in [3.8, 4) is 0 Å². The molecule has 3 atom stereocenters. The van der Waals surface area contributed by atoms with E-state index in [-0.39, 0.29) is 21.7 Å². The van der Waals surface area contributed by atoms with Crippen LogP contribution in [-0.4, -0.2) is 49.5 Å². The average Bonchev–Trinajstić information content (AvgIpc) is 3.14. The van der Waals surface area contributed by atoms with E-state index in [4.69, 9.17) is 25.8 Å². The maximum Gasteiger partial charge on any atom is 0.316 e. The summed E-state index contributed by atoms with van der Waals surface area (Å²) in [6.45, 7) is 15.7. The van der Waals surface area contributed by atoms with Gasteiger partial charge in [0.05, 0.1) is 12.0 Å². The first-order valence-electron chi connectivity index (χ1n) is 13.5. The lowest BCUT2D eigenvalue weighted by molar-refractivity contribution is -0.215. The van der Waals surface area contributed by atoms with Gasteiger partial charge in [-0.15, -0.1) is 0 Å². The van der Waals surface area contributed by atoms with Crippen LogP contribution in [0.5, 0.6) is 0 Å². The highest BCUT2D eigenvalue weighted by atomic mass is 127. The van der Waals surface area contributed by atoms with Crippen LogP contribution < -0.4 is 0 Å². The Hall–Kier alpha value is -1.92. The van der Waals surface area contributed by atoms with Crippen molar-refractivity contribution in [3.63, 3.8) is 0 Å². The van der Waals surface area contributed by atoms with E-state index in [1.807, 2.05) is 60.7 Å². The summed E-state index contributed by atoms with van der Waals surface area (Å²) in [5.41, 5.74) is 2.01. The van der Waals surface area contributed by atoms with E-state index in [1.54, 1.807) is 20.8 Å². The molecule has 0 radical (unpaired) electrons. The second kappa shape index (κ2) is 17.3. The van der Waals surface area contributed by atoms with E-state index in [0.717, 1.165) is 36.8 Å². The summed E-state index contributed by atoms with van der Waals surface area (Å²) in [4.78, 5) is 43.7. The van der Waals surface area contributed by atoms with Crippen LogP contribution in [0.3, 0.4) is 0 Å². The first-order chi connectivity index (χ1) is 18.5. The fraction of sp³-hybridized carbons (Fsp3) is 0.667. The van der Waals surface area contributed by atoms with Gasteiger partial charge in [-0.2, -0.15) is 0 Å². The number of halogens is 2. The highest BCUT2D eigenvalue weighted by Crippen LogP contribution is 2.29. The fourth-order valence-corrected chi connectivity index (χ4v) is 4.44. The molecule has 1 aromatic rings. The predicted octanol–water partition coefficient (Wildman–Crippen LogP) is 6.58. The minimum absolute atomic E-state index is 0.197. The van der Waals surface area contributed by atoms with Crippen LogP contribution in [-0.2, 0) is 44.5 Å². The minimum Gasteiger partial charge on any atom is -0.449 e. The third-order valence-electron chi connectivity index (χ3n) is 5.46. The molecule has 1 fully saturated rings. The first-order valence-corrected chi connectivity index (χ1v) is 14.9. The Morgan fingerprint density at radius 2 is 1.37 bits per heavy atom. The lowest BCUT2D eigenvalue weighted by Crippen LogP contribution is -2.34. The number of alkyl halides is 2. The Balaban J connectivity index is 0.000000820. The molecule has 1 N–H and O–H groups in total. The maximum atomic E-state index is 12.3. The molecule has 1 saturated carbocycles. The summed E-state index contributed by atoms with van der Waals surface area (Å²) in [6.07, 6.45) is 3.71. The van der Waals surface area contributed by atoms with Crippen molar-refractivity contribution in [3.05, 3.63) is 35.4 Å². The predicted molar refractivity (Wildman–Crippen MR) is 165 cm³/mol. The van der Waals surface area contributed by atoms with Gasteiger partial charge >= 0.3 is 23.9 Å². The molecule has 0 unspecified atom stereocenters. The van der Waals surface area contributed by atoms with Crippen LogP contribution in [0, 0.1) is 5.92 Å². The molecule has 0 saturated heterocycles. The molecule has 1 aliphatic rings. The molecule has 11 heteroatoms. The third kappa shape index (κ3) is 19.8. The molecule has 0 amide bonds. The second-order valence-corrected chi connectivity index (χ2v) is 14.8. The van der Waals surface area contributed by atoms with E-state index in [0.29, 0.717) is 5.92 Å². The van der Waals surface area contributed by atoms with Crippen LogP contribution in [0.4, 0.5) is 0 Å². The summed E-state index contributed by atoms with van der Waals surface area (Å²) >= 11 is 7.53. The van der Waals surface area contributed by atoms with Gasteiger partial charge in [0, 0.05) is 34.6 Å². The van der Waals surface area contributed by atoms with Gasteiger partial charge in [-0.3, -0.25) is 19.2 Å². The van der Waals surface area contributed by atoms with Crippen LogP contribution in [0.25, 0.3) is 0 Å². The van der Waals surface area contributed by atoms with Crippen molar-refractivity contribution in [2.75, 3.05) is 0 Å². The Bertz CT molecular complexity index is 969. The van der Waals surface area contributed by atoms with Crippen LogP contribution in [0.15, 0.2) is 24.3 Å². The van der Waals surface area contributed by atoms with Gasteiger partial charge in [0.1, 0.15) is 0 Å². The molecular formula is C30H46ClIO9.